The molecule has 0 saturated heterocycles. The molecule has 4 aromatic rings. The Morgan fingerprint density at radius 3 is 1.94 bits per heavy atom. The lowest BCUT2D eigenvalue weighted by Crippen LogP contribution is -2.39. The van der Waals surface area contributed by atoms with Gasteiger partial charge in [-0.05, 0) is 43.3 Å². The molecule has 1 aromatic heterocycles. The molecule has 0 aliphatic heterocycles. The van der Waals surface area contributed by atoms with Crippen LogP contribution < -0.4 is 16.4 Å². The highest BCUT2D eigenvalue weighted by Crippen LogP contribution is 2.31. The van der Waals surface area contributed by atoms with Gasteiger partial charge in [0, 0.05) is 19.7 Å². The Morgan fingerprint density at radius 2 is 1.36 bits per heavy atom. The minimum Gasteiger partial charge on any atom is -0.321 e. The highest BCUT2D eigenvalue weighted by atomic mass is 32.2. The van der Waals surface area contributed by atoms with Crippen molar-refractivity contribution in [3.63, 3.8) is 0 Å². The molecule has 33 heavy (non-hydrogen) atoms. The van der Waals surface area contributed by atoms with Crippen molar-refractivity contribution in [1.82, 2.24) is 9.13 Å². The zero-order chi connectivity index (χ0) is 23.9. The first-order valence-electron chi connectivity index (χ1n) is 10.0. The van der Waals surface area contributed by atoms with Crippen molar-refractivity contribution in [1.29, 1.82) is 0 Å². The van der Waals surface area contributed by atoms with Crippen LogP contribution in [0.1, 0.15) is 15.9 Å². The SMILES string of the molecule is Cc1ccc(C(=O)Nc2cc3c(cc2S(=O)(=O)c2ccccc2)n(C)c(=O)c(=O)n3C)cc1. The van der Waals surface area contributed by atoms with Crippen LogP contribution in [-0.4, -0.2) is 23.5 Å². The van der Waals surface area contributed by atoms with Gasteiger partial charge in [0.25, 0.3) is 5.91 Å². The van der Waals surface area contributed by atoms with Crippen LogP contribution in [0.25, 0.3) is 11.0 Å². The smallest absolute Gasteiger partial charge is 0.316 e. The Morgan fingerprint density at radius 1 is 0.818 bits per heavy atom. The average molecular weight is 464 g/mol. The van der Waals surface area contributed by atoms with E-state index in [1.165, 1.54) is 38.4 Å². The van der Waals surface area contributed by atoms with Crippen LogP contribution in [0.5, 0.6) is 0 Å². The second-order valence-electron chi connectivity index (χ2n) is 7.70. The van der Waals surface area contributed by atoms with Crippen LogP contribution >= 0.6 is 0 Å². The van der Waals surface area contributed by atoms with Gasteiger partial charge in [0.15, 0.2) is 0 Å². The predicted octanol–water partition coefficient (Wildman–Crippen LogP) is 2.63. The number of hydrogen-bond acceptors (Lipinski definition) is 5. The molecule has 0 saturated carbocycles. The van der Waals surface area contributed by atoms with Gasteiger partial charge in [-0.3, -0.25) is 14.4 Å². The lowest BCUT2D eigenvalue weighted by molar-refractivity contribution is 0.102. The predicted molar refractivity (Wildman–Crippen MR) is 125 cm³/mol. The summed E-state index contributed by atoms with van der Waals surface area (Å²) in [7, 11) is -1.25. The van der Waals surface area contributed by atoms with Crippen molar-refractivity contribution in [2.45, 2.75) is 16.7 Å². The van der Waals surface area contributed by atoms with Crippen molar-refractivity contribution in [2.24, 2.45) is 14.1 Å². The average Bonchev–Trinajstić information content (AvgIpc) is 2.82. The number of carbonyl (C=O) groups is 1. The molecule has 9 heteroatoms. The minimum atomic E-state index is -4.07. The highest BCUT2D eigenvalue weighted by Gasteiger charge is 2.25. The van der Waals surface area contributed by atoms with Crippen molar-refractivity contribution < 1.29 is 13.2 Å². The number of anilines is 1. The van der Waals surface area contributed by atoms with Crippen molar-refractivity contribution in [2.75, 3.05) is 5.32 Å². The molecule has 4 rings (SSSR count). The van der Waals surface area contributed by atoms with E-state index in [2.05, 4.69) is 5.32 Å². The van der Waals surface area contributed by atoms with E-state index in [0.29, 0.717) is 11.1 Å². The maximum absolute atomic E-state index is 13.5. The van der Waals surface area contributed by atoms with Crippen LogP contribution in [0.15, 0.2) is 86.1 Å². The normalized spacial score (nSPS) is 11.5. The third kappa shape index (κ3) is 3.87. The van der Waals surface area contributed by atoms with E-state index in [1.807, 2.05) is 6.92 Å². The lowest BCUT2D eigenvalue weighted by Gasteiger charge is -2.16. The second kappa shape index (κ2) is 8.18. The molecule has 0 aliphatic carbocycles. The van der Waals surface area contributed by atoms with Gasteiger partial charge in [0.1, 0.15) is 0 Å². The van der Waals surface area contributed by atoms with Gasteiger partial charge < -0.3 is 14.5 Å². The largest absolute Gasteiger partial charge is 0.321 e. The molecular weight excluding hydrogens is 442 g/mol. The number of fused-ring (bicyclic) bond motifs is 1. The molecule has 1 heterocycles. The summed E-state index contributed by atoms with van der Waals surface area (Å²) in [5, 5.41) is 2.67. The van der Waals surface area contributed by atoms with Crippen LogP contribution in [0.2, 0.25) is 0 Å². The molecule has 0 unspecified atom stereocenters. The van der Waals surface area contributed by atoms with Crippen molar-refractivity contribution in [3.8, 4) is 0 Å². The van der Waals surface area contributed by atoms with Crippen LogP contribution in [0.3, 0.4) is 0 Å². The number of aryl methyl sites for hydroxylation is 3. The maximum Gasteiger partial charge on any atom is 0.316 e. The molecule has 8 nitrogen and oxygen atoms in total. The highest BCUT2D eigenvalue weighted by molar-refractivity contribution is 7.91. The topological polar surface area (TPSA) is 107 Å². The zero-order valence-corrected chi connectivity index (χ0v) is 19.0. The van der Waals surface area contributed by atoms with Gasteiger partial charge in [-0.15, -0.1) is 0 Å². The fourth-order valence-corrected chi connectivity index (χ4v) is 4.98. The molecular formula is C24H21N3O5S. The standard InChI is InChI=1S/C24H21N3O5S/c1-15-9-11-16(12-10-15)22(28)25-18-13-19-20(27(3)24(30)23(29)26(19)2)14-21(18)33(31,32)17-7-5-4-6-8-17/h4-14H,1-3H3,(H,25,28). The quantitative estimate of drug-likeness (QED) is 0.468. The summed E-state index contributed by atoms with van der Waals surface area (Å²) in [4.78, 5) is 37.4. The van der Waals surface area contributed by atoms with E-state index < -0.39 is 26.9 Å². The Balaban J connectivity index is 1.99. The Labute approximate surface area is 189 Å². The molecule has 0 atom stereocenters. The Hall–Kier alpha value is -3.98. The number of carbonyl (C=O) groups excluding carboxylic acids is 1. The second-order valence-corrected chi connectivity index (χ2v) is 9.62. The van der Waals surface area contributed by atoms with E-state index in [0.717, 1.165) is 14.7 Å². The summed E-state index contributed by atoms with van der Waals surface area (Å²) in [5.74, 6) is -0.506. The molecule has 1 amide bonds. The number of aromatic nitrogens is 2. The van der Waals surface area contributed by atoms with Gasteiger partial charge in [-0.25, -0.2) is 8.42 Å². The number of sulfone groups is 1. The number of nitrogens with zero attached hydrogens (tertiary/aromatic N) is 2. The third-order valence-electron chi connectivity index (χ3n) is 5.50. The van der Waals surface area contributed by atoms with E-state index >= 15 is 0 Å². The molecule has 0 spiro atoms. The molecule has 0 aliphatic rings. The van der Waals surface area contributed by atoms with E-state index in [-0.39, 0.29) is 21.0 Å². The first kappa shape index (κ1) is 22.2. The van der Waals surface area contributed by atoms with Gasteiger partial charge in [0.2, 0.25) is 9.84 Å². The molecule has 0 bridgehead atoms. The number of amides is 1. The van der Waals surface area contributed by atoms with E-state index in [9.17, 15) is 22.8 Å². The number of hydrogen-bond donors (Lipinski definition) is 1. The summed E-state index contributed by atoms with van der Waals surface area (Å²) < 4.78 is 29.2. The fourth-order valence-electron chi connectivity index (χ4n) is 3.55. The molecule has 0 fully saturated rings. The number of rotatable bonds is 4. The molecule has 0 radical (unpaired) electrons. The van der Waals surface area contributed by atoms with Gasteiger partial charge in [-0.1, -0.05) is 35.9 Å². The minimum absolute atomic E-state index is 0.00516. The van der Waals surface area contributed by atoms with Gasteiger partial charge in [0.05, 0.1) is 26.5 Å². The van der Waals surface area contributed by atoms with Gasteiger partial charge in [-0.2, -0.15) is 0 Å². The summed E-state index contributed by atoms with van der Waals surface area (Å²) in [6.07, 6.45) is 0. The number of benzene rings is 3. The van der Waals surface area contributed by atoms with Crippen LogP contribution in [0, 0.1) is 6.92 Å². The van der Waals surface area contributed by atoms with Crippen molar-refractivity contribution >= 4 is 32.5 Å². The maximum atomic E-state index is 13.5. The van der Waals surface area contributed by atoms with E-state index in [4.69, 9.17) is 0 Å². The van der Waals surface area contributed by atoms with Crippen molar-refractivity contribution in [3.05, 3.63) is 98.6 Å². The summed E-state index contributed by atoms with van der Waals surface area (Å²) in [6.45, 7) is 1.89. The van der Waals surface area contributed by atoms with Gasteiger partial charge >= 0.3 is 11.1 Å². The third-order valence-corrected chi connectivity index (χ3v) is 7.31. The summed E-state index contributed by atoms with van der Waals surface area (Å²) in [6, 6.07) is 17.3. The molecule has 168 valence electrons. The van der Waals surface area contributed by atoms with E-state index in [1.54, 1.807) is 42.5 Å². The summed E-state index contributed by atoms with van der Waals surface area (Å²) in [5.41, 5.74) is 0.312. The summed E-state index contributed by atoms with van der Waals surface area (Å²) >= 11 is 0. The lowest BCUT2D eigenvalue weighted by atomic mass is 10.1. The Bertz CT molecular complexity index is 1620. The first-order chi connectivity index (χ1) is 15.6. The van der Waals surface area contributed by atoms with Crippen LogP contribution in [0.4, 0.5) is 5.69 Å². The monoisotopic (exact) mass is 463 g/mol. The van der Waals surface area contributed by atoms with Crippen LogP contribution in [-0.2, 0) is 23.9 Å². The number of nitrogens with one attached hydrogen (secondary N) is 1. The first-order valence-corrected chi connectivity index (χ1v) is 11.5. The zero-order valence-electron chi connectivity index (χ0n) is 18.2. The molecule has 3 aromatic carbocycles. The Kier molecular flexibility index (Phi) is 5.51. The fraction of sp³-hybridized carbons (Fsp3) is 0.125. The molecule has 1 N–H and O–H groups in total.